The van der Waals surface area contributed by atoms with Crippen molar-refractivity contribution in [1.29, 1.82) is 0 Å². The molecule has 0 aliphatic carbocycles. The summed E-state index contributed by atoms with van der Waals surface area (Å²) in [5.41, 5.74) is -1.39. The molecule has 3 aliphatic rings. The Morgan fingerprint density at radius 3 is 2.68 bits per heavy atom. The highest BCUT2D eigenvalue weighted by molar-refractivity contribution is 6.33. The number of amides is 3. The number of fused-ring (bicyclic) bond motifs is 1. The second kappa shape index (κ2) is 8.07. The summed E-state index contributed by atoms with van der Waals surface area (Å²) in [6, 6.07) is 5.98. The Morgan fingerprint density at radius 1 is 1.29 bits per heavy atom. The highest BCUT2D eigenvalue weighted by atomic mass is 35.5. The Bertz CT molecular complexity index is 911. The zero-order valence-corrected chi connectivity index (χ0v) is 18.4. The maximum atomic E-state index is 13.6. The number of nitrogens with zero attached hydrogens (tertiary/aromatic N) is 1. The van der Waals surface area contributed by atoms with E-state index in [0.717, 1.165) is 0 Å². The molecule has 9 heteroatoms. The van der Waals surface area contributed by atoms with E-state index in [0.29, 0.717) is 36.4 Å². The molecule has 3 N–H and O–H groups in total. The lowest BCUT2D eigenvalue weighted by molar-refractivity contribution is -0.146. The Hall–Kier alpha value is -2.16. The molecule has 1 spiro atoms. The first-order valence-corrected chi connectivity index (χ1v) is 11.1. The number of carbonyl (C=O) groups is 3. The van der Waals surface area contributed by atoms with Crippen LogP contribution in [0.5, 0.6) is 0 Å². The van der Waals surface area contributed by atoms with Gasteiger partial charge >= 0.3 is 0 Å². The molecule has 3 fully saturated rings. The van der Waals surface area contributed by atoms with Crippen molar-refractivity contribution in [2.24, 2.45) is 11.8 Å². The van der Waals surface area contributed by atoms with Crippen LogP contribution in [0.2, 0.25) is 5.02 Å². The molecule has 1 aromatic carbocycles. The molecule has 8 nitrogen and oxygen atoms in total. The van der Waals surface area contributed by atoms with Crippen LogP contribution in [0, 0.1) is 11.8 Å². The molecule has 3 heterocycles. The summed E-state index contributed by atoms with van der Waals surface area (Å²) in [7, 11) is 1.55. The number of benzene rings is 1. The maximum Gasteiger partial charge on any atom is 0.250 e. The molecule has 3 aliphatic heterocycles. The van der Waals surface area contributed by atoms with E-state index in [-0.39, 0.29) is 25.0 Å². The molecule has 168 valence electrons. The summed E-state index contributed by atoms with van der Waals surface area (Å²) in [4.78, 5) is 41.5. The summed E-state index contributed by atoms with van der Waals surface area (Å²) in [6.07, 6.45) is 2.02. The van der Waals surface area contributed by atoms with E-state index in [1.807, 2.05) is 6.92 Å². The van der Waals surface area contributed by atoms with Crippen molar-refractivity contribution >= 4 is 35.0 Å². The predicted octanol–water partition coefficient (Wildman–Crippen LogP) is 1.56. The van der Waals surface area contributed by atoms with E-state index in [4.69, 9.17) is 16.3 Å². The highest BCUT2D eigenvalue weighted by Crippen LogP contribution is 2.64. The fourth-order valence-corrected chi connectivity index (χ4v) is 6.00. The average molecular weight is 450 g/mol. The molecular formula is C22H28ClN3O5. The van der Waals surface area contributed by atoms with Gasteiger partial charge in [-0.05, 0) is 37.8 Å². The van der Waals surface area contributed by atoms with Crippen LogP contribution in [-0.2, 0) is 19.1 Å². The lowest BCUT2D eigenvalue weighted by atomic mass is 9.65. The first-order chi connectivity index (χ1) is 14.8. The Balaban J connectivity index is 1.75. The van der Waals surface area contributed by atoms with Gasteiger partial charge in [0, 0.05) is 20.2 Å². The quantitative estimate of drug-likeness (QED) is 0.585. The van der Waals surface area contributed by atoms with Gasteiger partial charge in [-0.25, -0.2) is 0 Å². The van der Waals surface area contributed by atoms with Crippen LogP contribution in [-0.4, -0.2) is 65.2 Å². The van der Waals surface area contributed by atoms with Crippen molar-refractivity contribution < 1.29 is 24.2 Å². The van der Waals surface area contributed by atoms with Crippen LogP contribution in [0.25, 0.3) is 0 Å². The normalized spacial score (nSPS) is 33.5. The van der Waals surface area contributed by atoms with Crippen LogP contribution in [0.1, 0.15) is 32.6 Å². The predicted molar refractivity (Wildman–Crippen MR) is 114 cm³/mol. The second-order valence-electron chi connectivity index (χ2n) is 8.53. The summed E-state index contributed by atoms with van der Waals surface area (Å²) in [5.74, 6) is -2.29. The number of rotatable bonds is 7. The lowest BCUT2D eigenvalue weighted by Crippen LogP contribution is -2.53. The Labute approximate surface area is 186 Å². The first kappa shape index (κ1) is 22.0. The van der Waals surface area contributed by atoms with E-state index in [1.54, 1.807) is 31.3 Å². The number of nitrogens with one attached hydrogen (secondary N) is 2. The first-order valence-electron chi connectivity index (χ1n) is 10.7. The van der Waals surface area contributed by atoms with Gasteiger partial charge in [-0.15, -0.1) is 0 Å². The van der Waals surface area contributed by atoms with Crippen LogP contribution >= 0.6 is 11.6 Å². The van der Waals surface area contributed by atoms with Gasteiger partial charge < -0.3 is 25.4 Å². The van der Waals surface area contributed by atoms with Crippen LogP contribution in [0.15, 0.2) is 24.3 Å². The van der Waals surface area contributed by atoms with Gasteiger partial charge in [-0.2, -0.15) is 0 Å². The topological polar surface area (TPSA) is 108 Å². The molecule has 0 aromatic heterocycles. The largest absolute Gasteiger partial charge is 0.396 e. The maximum absolute atomic E-state index is 13.6. The van der Waals surface area contributed by atoms with Crippen LogP contribution < -0.4 is 10.6 Å². The molecule has 4 rings (SSSR count). The van der Waals surface area contributed by atoms with Crippen molar-refractivity contribution in [3.05, 3.63) is 29.3 Å². The van der Waals surface area contributed by atoms with Crippen molar-refractivity contribution in [3.8, 4) is 0 Å². The average Bonchev–Trinajstić information content (AvgIpc) is 3.37. The van der Waals surface area contributed by atoms with Crippen molar-refractivity contribution in [3.63, 3.8) is 0 Å². The highest BCUT2D eigenvalue weighted by Gasteiger charge is 2.78. The van der Waals surface area contributed by atoms with E-state index in [2.05, 4.69) is 10.6 Å². The molecule has 1 aromatic rings. The zero-order chi connectivity index (χ0) is 22.4. The minimum absolute atomic E-state index is 0.112. The third-order valence-corrected chi connectivity index (χ3v) is 7.48. The minimum Gasteiger partial charge on any atom is -0.396 e. The van der Waals surface area contributed by atoms with Crippen molar-refractivity contribution in [1.82, 2.24) is 10.2 Å². The van der Waals surface area contributed by atoms with E-state index in [9.17, 15) is 19.5 Å². The molecule has 2 bridgehead atoms. The molecule has 0 radical (unpaired) electrons. The number of anilines is 1. The minimum atomic E-state index is -1.08. The molecular weight excluding hydrogens is 422 g/mol. The monoisotopic (exact) mass is 449 g/mol. The smallest absolute Gasteiger partial charge is 0.250 e. The third-order valence-electron chi connectivity index (χ3n) is 7.15. The second-order valence-corrected chi connectivity index (χ2v) is 8.93. The number of aliphatic hydroxyl groups excluding tert-OH is 1. The molecule has 3 saturated heterocycles. The summed E-state index contributed by atoms with van der Waals surface area (Å²) < 4.78 is 6.56. The number of ether oxygens (including phenoxy) is 1. The molecule has 2 unspecified atom stereocenters. The molecule has 0 saturated carbocycles. The van der Waals surface area contributed by atoms with Gasteiger partial charge in [0.05, 0.1) is 28.1 Å². The number of hydrogen-bond acceptors (Lipinski definition) is 5. The van der Waals surface area contributed by atoms with Gasteiger partial charge in [0.2, 0.25) is 17.7 Å². The van der Waals surface area contributed by atoms with Gasteiger partial charge in [0.15, 0.2) is 0 Å². The SMILES string of the molecule is CC[C@]12CCC3(O1)C(C(=O)Nc1ccccc1Cl)N(CCCO)C(=O)[C@@H]3[C@H]2C(=O)NC. The number of halogens is 1. The number of aliphatic hydroxyl groups is 1. The zero-order valence-electron chi connectivity index (χ0n) is 17.7. The fourth-order valence-electron chi connectivity index (χ4n) is 5.82. The van der Waals surface area contributed by atoms with Crippen LogP contribution in [0.3, 0.4) is 0 Å². The molecule has 3 amide bonds. The van der Waals surface area contributed by atoms with E-state index in [1.165, 1.54) is 4.90 Å². The number of hydrogen-bond donors (Lipinski definition) is 3. The van der Waals surface area contributed by atoms with Gasteiger partial charge in [-0.3, -0.25) is 14.4 Å². The fraction of sp³-hybridized carbons (Fsp3) is 0.591. The van der Waals surface area contributed by atoms with Crippen LogP contribution in [0.4, 0.5) is 5.69 Å². The number of para-hydroxylation sites is 1. The van der Waals surface area contributed by atoms with Crippen molar-refractivity contribution in [2.75, 3.05) is 25.5 Å². The lowest BCUT2D eigenvalue weighted by Gasteiger charge is -2.33. The Morgan fingerprint density at radius 2 is 2.03 bits per heavy atom. The van der Waals surface area contributed by atoms with Gasteiger partial charge in [0.25, 0.3) is 0 Å². The summed E-state index contributed by atoms with van der Waals surface area (Å²) in [5, 5.41) is 15.3. The number of likely N-dealkylation sites (tertiary alicyclic amines) is 1. The summed E-state index contributed by atoms with van der Waals surface area (Å²) in [6.45, 7) is 2.04. The van der Waals surface area contributed by atoms with E-state index >= 15 is 0 Å². The molecule has 31 heavy (non-hydrogen) atoms. The Kier molecular flexibility index (Phi) is 5.74. The molecule has 5 atom stereocenters. The summed E-state index contributed by atoms with van der Waals surface area (Å²) >= 11 is 6.23. The van der Waals surface area contributed by atoms with Gasteiger partial charge in [-0.1, -0.05) is 30.7 Å². The van der Waals surface area contributed by atoms with Gasteiger partial charge in [0.1, 0.15) is 11.6 Å². The van der Waals surface area contributed by atoms with E-state index < -0.39 is 35.0 Å². The third kappa shape index (κ3) is 3.15. The standard InChI is InChI=1S/C22H28ClN3O5/c1-3-21-9-10-22(31-21)16(15(21)18(28)24-2)20(30)26(11-6-12-27)17(22)19(29)25-14-8-5-4-7-13(14)23/h4-5,7-8,15-17,27H,3,6,9-12H2,1-2H3,(H,24,28)(H,25,29)/t15-,16-,17?,21+,22?/m0/s1. The number of carbonyl (C=O) groups excluding carboxylic acids is 3. The van der Waals surface area contributed by atoms with Crippen molar-refractivity contribution in [2.45, 2.75) is 49.9 Å².